The highest BCUT2D eigenvalue weighted by atomic mass is 16.5. The van der Waals surface area contributed by atoms with Gasteiger partial charge in [-0.25, -0.2) is 9.59 Å². The molecule has 0 aromatic carbocycles. The van der Waals surface area contributed by atoms with E-state index in [1.165, 1.54) is 0 Å². The summed E-state index contributed by atoms with van der Waals surface area (Å²) in [6.45, 7) is 8.03. The zero-order valence-corrected chi connectivity index (χ0v) is 13.5. The summed E-state index contributed by atoms with van der Waals surface area (Å²) in [4.78, 5) is 28.6. The molecule has 0 unspecified atom stereocenters. The van der Waals surface area contributed by atoms with E-state index in [4.69, 9.17) is 4.74 Å². The maximum atomic E-state index is 12.4. The minimum Gasteiger partial charge on any atom is -0.461 e. The van der Waals surface area contributed by atoms with Crippen LogP contribution >= 0.6 is 0 Å². The molecule has 0 bridgehead atoms. The van der Waals surface area contributed by atoms with E-state index in [-0.39, 0.29) is 6.03 Å². The zero-order chi connectivity index (χ0) is 16.1. The number of aromatic amines is 1. The molecule has 2 atom stereocenters. The fourth-order valence-electron chi connectivity index (χ4n) is 2.90. The molecule has 2 N–H and O–H groups in total. The van der Waals surface area contributed by atoms with Gasteiger partial charge in [-0.05, 0) is 37.7 Å². The second-order valence-electron chi connectivity index (χ2n) is 6.13. The standard InChI is InChI=1S/C16H25N3O3/c1-4-22-15(20)14-8-13(9-17-14)18-16(21)19-6-5-11(2)7-12(3)10-19/h8-9,11-12,17H,4-7,10H2,1-3H3,(H,18,21)/t11-,12-/m1/s1. The number of amides is 2. The van der Waals surface area contributed by atoms with Gasteiger partial charge in [0, 0.05) is 19.3 Å². The van der Waals surface area contributed by atoms with Gasteiger partial charge >= 0.3 is 12.0 Å². The van der Waals surface area contributed by atoms with E-state index in [0.717, 1.165) is 25.9 Å². The smallest absolute Gasteiger partial charge is 0.354 e. The highest BCUT2D eigenvalue weighted by Gasteiger charge is 2.23. The number of nitrogens with one attached hydrogen (secondary N) is 2. The number of esters is 1. The van der Waals surface area contributed by atoms with Gasteiger partial charge in [0.15, 0.2) is 0 Å². The van der Waals surface area contributed by atoms with Crippen LogP contribution in [0.5, 0.6) is 0 Å². The molecular formula is C16H25N3O3. The average molecular weight is 307 g/mol. The van der Waals surface area contributed by atoms with Crippen LogP contribution in [0.1, 0.15) is 44.1 Å². The third kappa shape index (κ3) is 4.26. The summed E-state index contributed by atoms with van der Waals surface area (Å²) in [5.74, 6) is 0.736. The first-order valence-electron chi connectivity index (χ1n) is 7.91. The molecule has 1 aromatic rings. The average Bonchev–Trinajstić information content (AvgIpc) is 2.84. The van der Waals surface area contributed by atoms with Crippen LogP contribution in [0.15, 0.2) is 12.3 Å². The number of H-pyrrole nitrogens is 1. The topological polar surface area (TPSA) is 74.4 Å². The fraction of sp³-hybridized carbons (Fsp3) is 0.625. The molecule has 0 saturated carbocycles. The summed E-state index contributed by atoms with van der Waals surface area (Å²) in [7, 11) is 0. The molecule has 122 valence electrons. The number of urea groups is 1. The van der Waals surface area contributed by atoms with Crippen LogP contribution in [0.2, 0.25) is 0 Å². The van der Waals surface area contributed by atoms with Gasteiger partial charge in [-0.1, -0.05) is 13.8 Å². The van der Waals surface area contributed by atoms with Crippen molar-refractivity contribution >= 4 is 17.7 Å². The van der Waals surface area contributed by atoms with Crippen molar-refractivity contribution in [2.45, 2.75) is 33.6 Å². The molecule has 22 heavy (non-hydrogen) atoms. The molecule has 1 saturated heterocycles. The number of rotatable bonds is 3. The normalized spacial score (nSPS) is 22.0. The molecule has 2 heterocycles. The summed E-state index contributed by atoms with van der Waals surface area (Å²) in [5.41, 5.74) is 0.924. The molecule has 1 fully saturated rings. The van der Waals surface area contributed by atoms with Gasteiger partial charge in [-0.15, -0.1) is 0 Å². The summed E-state index contributed by atoms with van der Waals surface area (Å²) in [5, 5.41) is 2.84. The minimum atomic E-state index is -0.416. The van der Waals surface area contributed by atoms with Crippen LogP contribution in [-0.4, -0.2) is 41.6 Å². The number of carbonyl (C=O) groups excluding carboxylic acids is 2. The van der Waals surface area contributed by atoms with Gasteiger partial charge in [-0.2, -0.15) is 0 Å². The Kier molecular flexibility index (Phi) is 5.46. The molecule has 1 aliphatic rings. The highest BCUT2D eigenvalue weighted by molar-refractivity contribution is 5.93. The van der Waals surface area contributed by atoms with Gasteiger partial charge < -0.3 is 19.9 Å². The van der Waals surface area contributed by atoms with Gasteiger partial charge in [0.2, 0.25) is 0 Å². The number of ether oxygens (including phenoxy) is 1. The van der Waals surface area contributed by atoms with E-state index in [2.05, 4.69) is 24.1 Å². The van der Waals surface area contributed by atoms with E-state index in [0.29, 0.717) is 29.8 Å². The van der Waals surface area contributed by atoms with Crippen molar-refractivity contribution in [1.82, 2.24) is 9.88 Å². The van der Waals surface area contributed by atoms with Crippen LogP contribution in [0, 0.1) is 11.8 Å². The summed E-state index contributed by atoms with van der Waals surface area (Å²) >= 11 is 0. The molecule has 2 amide bonds. The van der Waals surface area contributed by atoms with Crippen molar-refractivity contribution in [3.63, 3.8) is 0 Å². The van der Waals surface area contributed by atoms with Gasteiger partial charge in [0.05, 0.1) is 12.3 Å². The lowest BCUT2D eigenvalue weighted by atomic mass is 9.97. The number of aromatic nitrogens is 1. The van der Waals surface area contributed by atoms with Crippen LogP contribution < -0.4 is 5.32 Å². The predicted octanol–water partition coefficient (Wildman–Crippen LogP) is 3.09. The van der Waals surface area contributed by atoms with E-state index in [9.17, 15) is 9.59 Å². The van der Waals surface area contributed by atoms with Gasteiger partial charge in [-0.3, -0.25) is 0 Å². The number of anilines is 1. The predicted molar refractivity (Wildman–Crippen MR) is 84.9 cm³/mol. The first-order valence-corrected chi connectivity index (χ1v) is 7.91. The molecule has 0 aliphatic carbocycles. The summed E-state index contributed by atoms with van der Waals surface area (Å²) in [6.07, 6.45) is 3.79. The van der Waals surface area contributed by atoms with Crippen LogP contribution in [-0.2, 0) is 4.74 Å². The molecule has 6 nitrogen and oxygen atoms in total. The number of likely N-dealkylation sites (tertiary alicyclic amines) is 1. The second kappa shape index (κ2) is 7.33. The lowest BCUT2D eigenvalue weighted by molar-refractivity contribution is 0.0520. The van der Waals surface area contributed by atoms with Crippen molar-refractivity contribution in [3.05, 3.63) is 18.0 Å². The Morgan fingerprint density at radius 2 is 2.18 bits per heavy atom. The maximum absolute atomic E-state index is 12.4. The Balaban J connectivity index is 1.95. The Morgan fingerprint density at radius 3 is 2.91 bits per heavy atom. The lowest BCUT2D eigenvalue weighted by Crippen LogP contribution is -2.37. The van der Waals surface area contributed by atoms with E-state index in [1.807, 2.05) is 4.90 Å². The Morgan fingerprint density at radius 1 is 1.41 bits per heavy atom. The van der Waals surface area contributed by atoms with Crippen molar-refractivity contribution in [1.29, 1.82) is 0 Å². The first kappa shape index (κ1) is 16.4. The Labute approximate surface area is 131 Å². The van der Waals surface area contributed by atoms with Crippen molar-refractivity contribution in [2.75, 3.05) is 25.0 Å². The lowest BCUT2D eigenvalue weighted by Gasteiger charge is -2.22. The van der Waals surface area contributed by atoms with Crippen LogP contribution in [0.3, 0.4) is 0 Å². The Bertz CT molecular complexity index is 526. The molecule has 6 heteroatoms. The van der Waals surface area contributed by atoms with Gasteiger partial charge in [0.25, 0.3) is 0 Å². The number of hydrogen-bond acceptors (Lipinski definition) is 3. The first-order chi connectivity index (χ1) is 10.5. The van der Waals surface area contributed by atoms with E-state index < -0.39 is 5.97 Å². The third-order valence-electron chi connectivity index (χ3n) is 3.95. The summed E-state index contributed by atoms with van der Waals surface area (Å²) < 4.78 is 4.91. The molecule has 2 rings (SSSR count). The highest BCUT2D eigenvalue weighted by Crippen LogP contribution is 2.22. The fourth-order valence-corrected chi connectivity index (χ4v) is 2.90. The number of hydrogen-bond donors (Lipinski definition) is 2. The maximum Gasteiger partial charge on any atom is 0.354 e. The summed E-state index contributed by atoms with van der Waals surface area (Å²) in [6, 6.07) is 1.48. The molecule has 0 spiro atoms. The molecule has 1 aromatic heterocycles. The number of nitrogens with zero attached hydrogens (tertiary/aromatic N) is 1. The SMILES string of the molecule is CCOC(=O)c1cc(NC(=O)N2CC[C@@H](C)C[C@@H](C)C2)c[nH]1. The van der Waals surface area contributed by atoms with E-state index >= 15 is 0 Å². The van der Waals surface area contributed by atoms with E-state index in [1.54, 1.807) is 19.2 Å². The Hall–Kier alpha value is -1.98. The van der Waals surface area contributed by atoms with Crippen molar-refractivity contribution in [2.24, 2.45) is 11.8 Å². The molecule has 0 radical (unpaired) electrons. The number of carbonyl (C=O) groups is 2. The second-order valence-corrected chi connectivity index (χ2v) is 6.13. The molecule has 1 aliphatic heterocycles. The van der Waals surface area contributed by atoms with Crippen LogP contribution in [0.4, 0.5) is 10.5 Å². The molecular weight excluding hydrogens is 282 g/mol. The monoisotopic (exact) mass is 307 g/mol. The quantitative estimate of drug-likeness (QED) is 0.843. The largest absolute Gasteiger partial charge is 0.461 e. The minimum absolute atomic E-state index is 0.115. The van der Waals surface area contributed by atoms with Crippen molar-refractivity contribution in [3.8, 4) is 0 Å². The van der Waals surface area contributed by atoms with Crippen molar-refractivity contribution < 1.29 is 14.3 Å². The third-order valence-corrected chi connectivity index (χ3v) is 3.95. The zero-order valence-electron chi connectivity index (χ0n) is 13.5. The van der Waals surface area contributed by atoms with Crippen LogP contribution in [0.25, 0.3) is 0 Å². The van der Waals surface area contributed by atoms with Gasteiger partial charge in [0.1, 0.15) is 5.69 Å².